The summed E-state index contributed by atoms with van der Waals surface area (Å²) in [5, 5.41) is 8.70. The van der Waals surface area contributed by atoms with Gasteiger partial charge >= 0.3 is 12.3 Å². The molecule has 0 saturated carbocycles. The maximum Gasteiger partial charge on any atom is 0.416 e. The van der Waals surface area contributed by atoms with Crippen LogP contribution in [0.2, 0.25) is 0 Å². The van der Waals surface area contributed by atoms with Gasteiger partial charge in [-0.05, 0) is 32.9 Å². The maximum atomic E-state index is 12.9. The summed E-state index contributed by atoms with van der Waals surface area (Å²) in [6, 6.07) is 3.09. The SMILES string of the molecule is CC(C)(C)OC(=O)Nc1cc(C(F)(F)F)ccc1-c1cn[nH]c1. The topological polar surface area (TPSA) is 67.0 Å². The second-order valence-corrected chi connectivity index (χ2v) is 5.87. The smallest absolute Gasteiger partial charge is 0.416 e. The average molecular weight is 327 g/mol. The predicted molar refractivity (Wildman–Crippen MR) is 78.9 cm³/mol. The molecule has 1 aromatic heterocycles. The fourth-order valence-corrected chi connectivity index (χ4v) is 1.89. The van der Waals surface area contributed by atoms with Gasteiger partial charge in [0.2, 0.25) is 0 Å². The molecule has 8 heteroatoms. The minimum atomic E-state index is -4.51. The molecule has 2 rings (SSSR count). The Bertz CT molecular complexity index is 689. The zero-order chi connectivity index (χ0) is 17.3. The lowest BCUT2D eigenvalue weighted by atomic mass is 10.0. The average Bonchev–Trinajstić information content (AvgIpc) is 2.88. The Morgan fingerprint density at radius 1 is 1.26 bits per heavy atom. The van der Waals surface area contributed by atoms with Crippen LogP contribution in [0.4, 0.5) is 23.7 Å². The number of nitrogens with zero attached hydrogens (tertiary/aromatic N) is 1. The van der Waals surface area contributed by atoms with E-state index in [1.807, 2.05) is 0 Å². The van der Waals surface area contributed by atoms with E-state index in [4.69, 9.17) is 4.74 Å². The van der Waals surface area contributed by atoms with E-state index in [1.54, 1.807) is 20.8 Å². The van der Waals surface area contributed by atoms with Crippen LogP contribution >= 0.6 is 0 Å². The van der Waals surface area contributed by atoms with E-state index in [0.717, 1.165) is 12.1 Å². The number of ether oxygens (including phenoxy) is 1. The zero-order valence-corrected chi connectivity index (χ0v) is 12.8. The van der Waals surface area contributed by atoms with Gasteiger partial charge in [0.25, 0.3) is 0 Å². The van der Waals surface area contributed by atoms with Gasteiger partial charge in [-0.2, -0.15) is 18.3 Å². The van der Waals surface area contributed by atoms with Crippen molar-refractivity contribution in [2.24, 2.45) is 0 Å². The molecule has 0 saturated heterocycles. The molecule has 0 fully saturated rings. The molecule has 1 amide bonds. The minimum absolute atomic E-state index is 0.00419. The molecule has 0 aliphatic rings. The second-order valence-electron chi connectivity index (χ2n) is 5.87. The highest BCUT2D eigenvalue weighted by molar-refractivity contribution is 5.91. The molecule has 124 valence electrons. The molecule has 0 atom stereocenters. The van der Waals surface area contributed by atoms with Crippen LogP contribution in [0.1, 0.15) is 26.3 Å². The minimum Gasteiger partial charge on any atom is -0.444 e. The van der Waals surface area contributed by atoms with Crippen LogP contribution in [-0.2, 0) is 10.9 Å². The van der Waals surface area contributed by atoms with Crippen molar-refractivity contribution in [1.82, 2.24) is 10.2 Å². The molecule has 1 aromatic carbocycles. The number of aromatic amines is 1. The molecule has 0 spiro atoms. The largest absolute Gasteiger partial charge is 0.444 e. The van der Waals surface area contributed by atoms with Crippen molar-refractivity contribution in [3.63, 3.8) is 0 Å². The quantitative estimate of drug-likeness (QED) is 0.857. The standard InChI is InChI=1S/C15H16F3N3O2/c1-14(2,3)23-13(22)21-12-6-10(15(16,17)18)4-5-11(12)9-7-19-20-8-9/h4-8H,1-3H3,(H,19,20)(H,21,22). The summed E-state index contributed by atoms with van der Waals surface area (Å²) in [4.78, 5) is 11.9. The number of aromatic nitrogens is 2. The van der Waals surface area contributed by atoms with E-state index in [-0.39, 0.29) is 5.69 Å². The van der Waals surface area contributed by atoms with E-state index < -0.39 is 23.4 Å². The maximum absolute atomic E-state index is 12.9. The van der Waals surface area contributed by atoms with Gasteiger partial charge in [-0.15, -0.1) is 0 Å². The number of carbonyl (C=O) groups excluding carboxylic acids is 1. The summed E-state index contributed by atoms with van der Waals surface area (Å²) in [5.41, 5.74) is -0.685. The first-order chi connectivity index (χ1) is 10.6. The number of benzene rings is 1. The van der Waals surface area contributed by atoms with Crippen LogP contribution in [0.3, 0.4) is 0 Å². The predicted octanol–water partition coefficient (Wildman–Crippen LogP) is 4.44. The van der Waals surface area contributed by atoms with Crippen molar-refractivity contribution in [1.29, 1.82) is 0 Å². The third-order valence-corrected chi connectivity index (χ3v) is 2.79. The molecule has 0 aliphatic heterocycles. The third-order valence-electron chi connectivity index (χ3n) is 2.79. The third kappa shape index (κ3) is 4.48. The molecule has 0 unspecified atom stereocenters. The number of nitrogens with one attached hydrogen (secondary N) is 2. The van der Waals surface area contributed by atoms with Crippen molar-refractivity contribution >= 4 is 11.8 Å². The summed E-state index contributed by atoms with van der Waals surface area (Å²) in [5.74, 6) is 0. The number of halogens is 3. The Morgan fingerprint density at radius 2 is 1.96 bits per heavy atom. The van der Waals surface area contributed by atoms with Crippen LogP contribution in [0, 0.1) is 0 Å². The number of H-pyrrole nitrogens is 1. The molecular formula is C15H16F3N3O2. The lowest BCUT2D eigenvalue weighted by Crippen LogP contribution is -2.27. The van der Waals surface area contributed by atoms with Crippen LogP contribution < -0.4 is 5.32 Å². The number of hydrogen-bond donors (Lipinski definition) is 2. The van der Waals surface area contributed by atoms with E-state index >= 15 is 0 Å². The summed E-state index contributed by atoms with van der Waals surface area (Å²) < 4.78 is 43.7. The summed E-state index contributed by atoms with van der Waals surface area (Å²) >= 11 is 0. The Morgan fingerprint density at radius 3 is 2.48 bits per heavy atom. The van der Waals surface area contributed by atoms with Gasteiger partial charge in [0, 0.05) is 17.3 Å². The highest BCUT2D eigenvalue weighted by atomic mass is 19.4. The molecule has 0 bridgehead atoms. The number of rotatable bonds is 2. The molecule has 2 aromatic rings. The molecule has 0 aliphatic carbocycles. The molecule has 5 nitrogen and oxygen atoms in total. The first-order valence-corrected chi connectivity index (χ1v) is 6.77. The molecule has 1 heterocycles. The molecule has 2 N–H and O–H groups in total. The van der Waals surface area contributed by atoms with Crippen LogP contribution in [0.25, 0.3) is 11.1 Å². The van der Waals surface area contributed by atoms with E-state index in [1.165, 1.54) is 18.5 Å². The molecule has 23 heavy (non-hydrogen) atoms. The van der Waals surface area contributed by atoms with E-state index in [0.29, 0.717) is 11.1 Å². The second kappa shape index (κ2) is 5.94. The fraction of sp³-hybridized carbons (Fsp3) is 0.333. The lowest BCUT2D eigenvalue weighted by molar-refractivity contribution is -0.137. The van der Waals surface area contributed by atoms with Crippen molar-refractivity contribution in [3.8, 4) is 11.1 Å². The van der Waals surface area contributed by atoms with Gasteiger partial charge in [0.15, 0.2) is 0 Å². The summed E-state index contributed by atoms with van der Waals surface area (Å²) in [6.45, 7) is 4.99. The number of amides is 1. The fourth-order valence-electron chi connectivity index (χ4n) is 1.89. The van der Waals surface area contributed by atoms with Crippen LogP contribution in [0.15, 0.2) is 30.6 Å². The van der Waals surface area contributed by atoms with Crippen molar-refractivity contribution in [2.75, 3.05) is 5.32 Å². The zero-order valence-electron chi connectivity index (χ0n) is 12.8. The Labute approximate surface area is 130 Å². The number of carbonyl (C=O) groups is 1. The van der Waals surface area contributed by atoms with Crippen molar-refractivity contribution < 1.29 is 22.7 Å². The van der Waals surface area contributed by atoms with Gasteiger partial charge in [-0.3, -0.25) is 10.4 Å². The number of anilines is 1. The van der Waals surface area contributed by atoms with Gasteiger partial charge in [-0.25, -0.2) is 4.79 Å². The Hall–Kier alpha value is -2.51. The van der Waals surface area contributed by atoms with Crippen LogP contribution in [0.5, 0.6) is 0 Å². The first kappa shape index (κ1) is 16.9. The number of alkyl halides is 3. The van der Waals surface area contributed by atoms with Crippen molar-refractivity contribution in [3.05, 3.63) is 36.2 Å². The van der Waals surface area contributed by atoms with Crippen molar-refractivity contribution in [2.45, 2.75) is 32.5 Å². The Kier molecular flexibility index (Phi) is 4.35. The molecule has 0 radical (unpaired) electrons. The van der Waals surface area contributed by atoms with Gasteiger partial charge in [0.1, 0.15) is 5.60 Å². The highest BCUT2D eigenvalue weighted by Gasteiger charge is 2.31. The number of hydrogen-bond acceptors (Lipinski definition) is 3. The van der Waals surface area contributed by atoms with Crippen LogP contribution in [-0.4, -0.2) is 21.9 Å². The Balaban J connectivity index is 2.39. The van der Waals surface area contributed by atoms with Gasteiger partial charge in [0.05, 0.1) is 17.4 Å². The normalized spacial score (nSPS) is 12.1. The first-order valence-electron chi connectivity index (χ1n) is 6.77. The molecular weight excluding hydrogens is 311 g/mol. The summed E-state index contributed by atoms with van der Waals surface area (Å²) in [7, 11) is 0. The van der Waals surface area contributed by atoms with Gasteiger partial charge < -0.3 is 4.74 Å². The summed E-state index contributed by atoms with van der Waals surface area (Å²) in [6.07, 6.45) is -2.38. The van der Waals surface area contributed by atoms with E-state index in [2.05, 4.69) is 15.5 Å². The van der Waals surface area contributed by atoms with Gasteiger partial charge in [-0.1, -0.05) is 6.07 Å². The highest BCUT2D eigenvalue weighted by Crippen LogP contribution is 2.35. The van der Waals surface area contributed by atoms with E-state index in [9.17, 15) is 18.0 Å². The lowest BCUT2D eigenvalue weighted by Gasteiger charge is -2.21. The monoisotopic (exact) mass is 327 g/mol.